The Morgan fingerprint density at radius 3 is 3.00 bits per heavy atom. The van der Waals surface area contributed by atoms with Gasteiger partial charge >= 0.3 is 5.97 Å². The lowest BCUT2D eigenvalue weighted by atomic mass is 9.79. The van der Waals surface area contributed by atoms with Gasteiger partial charge in [-0.2, -0.15) is 11.3 Å². The van der Waals surface area contributed by atoms with Crippen LogP contribution in [0, 0.1) is 23.7 Å². The average Bonchev–Trinajstić information content (AvgIpc) is 3.36. The molecule has 8 heteroatoms. The van der Waals surface area contributed by atoms with E-state index < -0.39 is 5.97 Å². The first-order chi connectivity index (χ1) is 16.9. The highest BCUT2D eigenvalue weighted by molar-refractivity contribution is 7.08. The summed E-state index contributed by atoms with van der Waals surface area (Å²) >= 11 is 8.17. The first kappa shape index (κ1) is 25.5. The number of aromatic nitrogens is 1. The number of aliphatic carboxylic acids is 1. The number of benzene rings is 1. The van der Waals surface area contributed by atoms with Gasteiger partial charge in [-0.1, -0.05) is 23.4 Å². The van der Waals surface area contributed by atoms with Crippen LogP contribution in [0.25, 0.3) is 10.9 Å². The van der Waals surface area contributed by atoms with E-state index in [-0.39, 0.29) is 18.4 Å². The Morgan fingerprint density at radius 2 is 2.26 bits per heavy atom. The van der Waals surface area contributed by atoms with Gasteiger partial charge in [0.2, 0.25) is 0 Å². The van der Waals surface area contributed by atoms with Crippen molar-refractivity contribution in [2.24, 2.45) is 17.6 Å². The largest absolute Gasteiger partial charge is 0.497 e. The Balaban J connectivity index is 1.42. The van der Waals surface area contributed by atoms with E-state index in [1.165, 1.54) is 0 Å². The number of rotatable bonds is 8. The predicted molar refractivity (Wildman–Crippen MR) is 141 cm³/mol. The Labute approximate surface area is 215 Å². The van der Waals surface area contributed by atoms with Gasteiger partial charge in [-0.25, -0.2) is 0 Å². The summed E-state index contributed by atoms with van der Waals surface area (Å²) in [5, 5.41) is 15.0. The highest BCUT2D eigenvalue weighted by Crippen LogP contribution is 2.36. The summed E-state index contributed by atoms with van der Waals surface area (Å²) in [6, 6.07) is 7.43. The molecule has 0 saturated carbocycles. The first-order valence-corrected chi connectivity index (χ1v) is 13.1. The van der Waals surface area contributed by atoms with Gasteiger partial charge in [-0.3, -0.25) is 14.7 Å². The monoisotopic (exact) mass is 511 g/mol. The number of pyridine rings is 1. The van der Waals surface area contributed by atoms with Crippen molar-refractivity contribution in [1.82, 2.24) is 9.88 Å². The van der Waals surface area contributed by atoms with Crippen molar-refractivity contribution in [3.05, 3.63) is 57.4 Å². The molecule has 3 atom stereocenters. The van der Waals surface area contributed by atoms with Crippen molar-refractivity contribution < 1.29 is 14.6 Å². The summed E-state index contributed by atoms with van der Waals surface area (Å²) in [5.74, 6) is 6.75. The van der Waals surface area contributed by atoms with Gasteiger partial charge in [-0.05, 0) is 72.9 Å². The molecule has 3 aromatic rings. The molecule has 0 amide bonds. The number of thiophene rings is 1. The van der Waals surface area contributed by atoms with Crippen LogP contribution in [0.3, 0.4) is 0 Å². The first-order valence-electron chi connectivity index (χ1n) is 11.8. The Kier molecular flexibility index (Phi) is 8.64. The lowest BCUT2D eigenvalue weighted by Crippen LogP contribution is -2.41. The number of methoxy groups -OCH3 is 1. The van der Waals surface area contributed by atoms with Crippen LogP contribution >= 0.6 is 22.9 Å². The maximum Gasteiger partial charge on any atom is 0.303 e. The van der Waals surface area contributed by atoms with Crippen molar-refractivity contribution in [3.8, 4) is 17.6 Å². The molecule has 2 unspecified atom stereocenters. The van der Waals surface area contributed by atoms with Crippen LogP contribution in [0.4, 0.5) is 0 Å². The second kappa shape index (κ2) is 11.9. The minimum Gasteiger partial charge on any atom is -0.497 e. The molecule has 184 valence electrons. The zero-order valence-corrected chi connectivity index (χ0v) is 21.3. The summed E-state index contributed by atoms with van der Waals surface area (Å²) in [7, 11) is 1.63. The zero-order chi connectivity index (χ0) is 24.8. The maximum absolute atomic E-state index is 11.6. The number of nitrogens with zero attached hydrogens (tertiary/aromatic N) is 2. The Bertz CT molecular complexity index is 1220. The molecule has 1 aromatic carbocycles. The fourth-order valence-corrected chi connectivity index (χ4v) is 5.81. The van der Waals surface area contributed by atoms with E-state index in [0.29, 0.717) is 17.5 Å². The smallest absolute Gasteiger partial charge is 0.303 e. The van der Waals surface area contributed by atoms with Gasteiger partial charge in [0.05, 0.1) is 24.2 Å². The van der Waals surface area contributed by atoms with Gasteiger partial charge in [0, 0.05) is 41.5 Å². The molecule has 35 heavy (non-hydrogen) atoms. The zero-order valence-electron chi connectivity index (χ0n) is 19.7. The van der Waals surface area contributed by atoms with Crippen molar-refractivity contribution in [3.63, 3.8) is 0 Å². The minimum atomic E-state index is -0.759. The highest BCUT2D eigenvalue weighted by atomic mass is 35.5. The molecule has 0 radical (unpaired) electrons. The summed E-state index contributed by atoms with van der Waals surface area (Å²) in [5.41, 5.74) is 9.38. The summed E-state index contributed by atoms with van der Waals surface area (Å²) < 4.78 is 5.38. The van der Waals surface area contributed by atoms with Crippen LogP contribution in [0.1, 0.15) is 42.9 Å². The Hall–Kier alpha value is -2.63. The number of nitrogens with two attached hydrogens (primary N) is 1. The lowest BCUT2D eigenvalue weighted by molar-refractivity contribution is -0.139. The molecular weight excluding hydrogens is 482 g/mol. The number of piperidine rings is 1. The quantitative estimate of drug-likeness (QED) is 0.404. The number of carboxylic acid groups (broad SMARTS) is 1. The van der Waals surface area contributed by atoms with Crippen LogP contribution < -0.4 is 10.5 Å². The maximum atomic E-state index is 11.6. The number of hydrogen-bond acceptors (Lipinski definition) is 6. The van der Waals surface area contributed by atoms with Crippen LogP contribution in [0.15, 0.2) is 41.2 Å². The average molecular weight is 512 g/mol. The van der Waals surface area contributed by atoms with E-state index in [1.54, 1.807) is 24.6 Å². The third-order valence-electron chi connectivity index (χ3n) is 6.76. The fraction of sp³-hybridized carbons (Fsp3) is 0.407. The van der Waals surface area contributed by atoms with Gasteiger partial charge in [0.25, 0.3) is 0 Å². The number of carboxylic acids is 1. The molecule has 1 saturated heterocycles. The number of halogens is 1. The fourth-order valence-electron chi connectivity index (χ4n) is 4.93. The highest BCUT2D eigenvalue weighted by Gasteiger charge is 2.31. The van der Waals surface area contributed by atoms with E-state index >= 15 is 0 Å². The summed E-state index contributed by atoms with van der Waals surface area (Å²) in [4.78, 5) is 18.3. The molecule has 0 aliphatic carbocycles. The van der Waals surface area contributed by atoms with E-state index in [0.717, 1.165) is 60.1 Å². The van der Waals surface area contributed by atoms with E-state index in [4.69, 9.17) is 22.1 Å². The predicted octanol–water partition coefficient (Wildman–Crippen LogP) is 5.20. The van der Waals surface area contributed by atoms with Crippen LogP contribution in [0.2, 0.25) is 5.02 Å². The van der Waals surface area contributed by atoms with Crippen molar-refractivity contribution in [2.45, 2.75) is 31.7 Å². The molecule has 6 nitrogen and oxygen atoms in total. The van der Waals surface area contributed by atoms with E-state index in [9.17, 15) is 9.90 Å². The third-order valence-corrected chi connectivity index (χ3v) is 7.74. The van der Waals surface area contributed by atoms with Crippen LogP contribution in [-0.2, 0) is 4.79 Å². The molecule has 1 fully saturated rings. The van der Waals surface area contributed by atoms with Crippen LogP contribution in [0.5, 0.6) is 5.75 Å². The molecule has 0 bridgehead atoms. The molecule has 3 N–H and O–H groups in total. The molecular formula is C27H30ClN3O3S. The second-order valence-electron chi connectivity index (χ2n) is 9.04. The van der Waals surface area contributed by atoms with Gasteiger partial charge < -0.3 is 15.6 Å². The van der Waals surface area contributed by atoms with Gasteiger partial charge in [0.15, 0.2) is 0 Å². The van der Waals surface area contributed by atoms with Gasteiger partial charge in [0.1, 0.15) is 5.75 Å². The standard InChI is InChI=1S/C27H30ClN3O3S/c1-34-21-5-7-25-22(14-21)27(23(28)15-30-25)24(29)6-4-19-8-11-31(16-20(19)13-26(32)33)10-2-3-18-9-12-35-17-18/h5,7,9,12,14-15,17,19-20,24H,4,6,8,10-11,13,16,29H2,1H3,(H,32,33)/t19?,20?,24-/m1/s1. The lowest BCUT2D eigenvalue weighted by Gasteiger charge is -2.37. The van der Waals surface area contributed by atoms with Crippen molar-refractivity contribution in [2.75, 3.05) is 26.7 Å². The molecule has 1 aliphatic rings. The third kappa shape index (κ3) is 6.53. The normalized spacial score (nSPS) is 19.2. The van der Waals surface area contributed by atoms with Gasteiger partial charge in [-0.15, -0.1) is 0 Å². The number of ether oxygens (including phenoxy) is 1. The molecule has 2 aromatic heterocycles. The topological polar surface area (TPSA) is 88.7 Å². The van der Waals surface area contributed by atoms with E-state index in [2.05, 4.69) is 21.7 Å². The minimum absolute atomic E-state index is 0.0705. The van der Waals surface area contributed by atoms with Crippen molar-refractivity contribution in [1.29, 1.82) is 0 Å². The van der Waals surface area contributed by atoms with Crippen LogP contribution in [-0.4, -0.2) is 47.7 Å². The number of hydrogen-bond donors (Lipinski definition) is 2. The number of carbonyl (C=O) groups is 1. The number of fused-ring (bicyclic) bond motifs is 1. The molecule has 3 heterocycles. The summed E-state index contributed by atoms with van der Waals surface area (Å²) in [6.45, 7) is 2.30. The second-order valence-corrected chi connectivity index (χ2v) is 10.2. The molecule has 4 rings (SSSR count). The number of likely N-dealkylation sites (tertiary alicyclic amines) is 1. The SMILES string of the molecule is COc1ccc2ncc(Cl)c([C@H](N)CCC3CCN(CC#Cc4ccsc4)CC3CC(=O)O)c2c1. The van der Waals surface area contributed by atoms with Crippen molar-refractivity contribution >= 4 is 39.8 Å². The summed E-state index contributed by atoms with van der Waals surface area (Å²) in [6.07, 6.45) is 4.30. The molecule has 0 spiro atoms. The molecule has 1 aliphatic heterocycles. The Morgan fingerprint density at radius 1 is 1.40 bits per heavy atom. The van der Waals surface area contributed by atoms with E-state index in [1.807, 2.05) is 35.0 Å².